The second kappa shape index (κ2) is 9.06. The fraction of sp³-hybridized carbons (Fsp3) is 0.273. The summed E-state index contributed by atoms with van der Waals surface area (Å²) in [6.45, 7) is 2.29. The van der Waals surface area contributed by atoms with Crippen molar-refractivity contribution in [3.05, 3.63) is 65.2 Å². The lowest BCUT2D eigenvalue weighted by molar-refractivity contribution is -0.115. The van der Waals surface area contributed by atoms with Gasteiger partial charge >= 0.3 is 0 Å². The summed E-state index contributed by atoms with van der Waals surface area (Å²) in [6.07, 6.45) is 3.80. The van der Waals surface area contributed by atoms with Gasteiger partial charge < -0.3 is 9.73 Å². The number of anilines is 1. The first kappa shape index (κ1) is 21.8. The fourth-order valence-corrected chi connectivity index (χ4v) is 4.85. The molecule has 0 spiro atoms. The molecule has 1 aliphatic carbocycles. The quantitative estimate of drug-likeness (QED) is 0.339. The van der Waals surface area contributed by atoms with Crippen LogP contribution in [0.25, 0.3) is 11.3 Å². The van der Waals surface area contributed by atoms with Crippen molar-refractivity contribution in [2.75, 3.05) is 5.32 Å². The van der Waals surface area contributed by atoms with Gasteiger partial charge in [-0.15, -0.1) is 21.5 Å². The molecule has 1 amide bonds. The highest BCUT2D eigenvalue weighted by Gasteiger charge is 2.31. The molecule has 170 valence electrons. The van der Waals surface area contributed by atoms with Gasteiger partial charge in [0.05, 0.1) is 23.8 Å². The van der Waals surface area contributed by atoms with Crippen molar-refractivity contribution >= 4 is 34.1 Å². The van der Waals surface area contributed by atoms with E-state index in [2.05, 4.69) is 20.5 Å². The van der Waals surface area contributed by atoms with Crippen LogP contribution >= 0.6 is 23.1 Å². The number of nitrogens with zero attached hydrogens (tertiary/aromatic N) is 4. The minimum atomic E-state index is -0.944. The lowest BCUT2D eigenvalue weighted by atomic mass is 10.2. The lowest BCUT2D eigenvalue weighted by Crippen LogP contribution is -2.23. The Morgan fingerprint density at radius 2 is 2.15 bits per heavy atom. The van der Waals surface area contributed by atoms with Crippen LogP contribution in [0, 0.1) is 11.6 Å². The molecule has 1 fully saturated rings. The molecule has 1 aromatic carbocycles. The number of nitrogens with one attached hydrogen (secondary N) is 1. The summed E-state index contributed by atoms with van der Waals surface area (Å²) in [7, 11) is 0. The normalized spacial score (nSPS) is 14.4. The molecule has 5 rings (SSSR count). The average Bonchev–Trinajstić information content (AvgIpc) is 3.15. The van der Waals surface area contributed by atoms with Crippen molar-refractivity contribution in [2.24, 2.45) is 0 Å². The molecule has 33 heavy (non-hydrogen) atoms. The SMILES string of the molecule is CC(Sc1nnc(C2CC2)n1Cc1ccco1)C(=O)Nc1nc(-c2ccc(F)c(F)c2)cs1. The maximum atomic E-state index is 13.5. The average molecular weight is 488 g/mol. The van der Waals surface area contributed by atoms with Crippen LogP contribution in [-0.4, -0.2) is 30.9 Å². The van der Waals surface area contributed by atoms with Crippen LogP contribution in [0.15, 0.2) is 51.5 Å². The van der Waals surface area contributed by atoms with Gasteiger partial charge in [-0.05, 0) is 50.1 Å². The Morgan fingerprint density at radius 3 is 2.88 bits per heavy atom. The topological polar surface area (TPSA) is 85.8 Å². The van der Waals surface area contributed by atoms with Gasteiger partial charge in [0.15, 0.2) is 21.9 Å². The second-order valence-electron chi connectivity index (χ2n) is 7.70. The van der Waals surface area contributed by atoms with E-state index in [1.54, 1.807) is 18.6 Å². The van der Waals surface area contributed by atoms with Crippen molar-refractivity contribution in [3.8, 4) is 11.3 Å². The lowest BCUT2D eigenvalue weighted by Gasteiger charge is -2.12. The molecule has 0 saturated heterocycles. The monoisotopic (exact) mass is 487 g/mol. The summed E-state index contributed by atoms with van der Waals surface area (Å²) < 4.78 is 34.2. The smallest absolute Gasteiger partial charge is 0.239 e. The number of carbonyl (C=O) groups excluding carboxylic acids is 1. The van der Waals surface area contributed by atoms with Crippen molar-refractivity contribution in [1.82, 2.24) is 19.7 Å². The van der Waals surface area contributed by atoms with Gasteiger partial charge in [-0.3, -0.25) is 9.36 Å². The third-order valence-electron chi connectivity index (χ3n) is 5.18. The number of thiazole rings is 1. The molecule has 1 saturated carbocycles. The number of carbonyl (C=O) groups is 1. The number of hydrogen-bond donors (Lipinski definition) is 1. The van der Waals surface area contributed by atoms with Gasteiger partial charge in [0.2, 0.25) is 5.91 Å². The van der Waals surface area contributed by atoms with Crippen LogP contribution in [0.5, 0.6) is 0 Å². The van der Waals surface area contributed by atoms with E-state index < -0.39 is 16.9 Å². The Labute approximate surface area is 196 Å². The van der Waals surface area contributed by atoms with Crippen LogP contribution in [-0.2, 0) is 11.3 Å². The number of aromatic nitrogens is 4. The molecule has 3 heterocycles. The molecule has 0 radical (unpaired) electrons. The predicted octanol–water partition coefficient (Wildman–Crippen LogP) is 5.32. The first-order valence-electron chi connectivity index (χ1n) is 10.3. The van der Waals surface area contributed by atoms with Gasteiger partial charge in [0.25, 0.3) is 0 Å². The summed E-state index contributed by atoms with van der Waals surface area (Å²) in [5.74, 6) is 0.00178. The third kappa shape index (κ3) is 4.83. The molecule has 1 unspecified atom stereocenters. The summed E-state index contributed by atoms with van der Waals surface area (Å²) in [5.41, 5.74) is 0.897. The number of furan rings is 1. The maximum absolute atomic E-state index is 13.5. The molecular formula is C22H19F2N5O2S2. The Balaban J connectivity index is 1.27. The molecule has 0 aliphatic heterocycles. The molecule has 1 N–H and O–H groups in total. The van der Waals surface area contributed by atoms with Crippen molar-refractivity contribution < 1.29 is 18.0 Å². The van der Waals surface area contributed by atoms with Gasteiger partial charge in [-0.2, -0.15) is 0 Å². The van der Waals surface area contributed by atoms with E-state index in [4.69, 9.17) is 4.42 Å². The zero-order valence-corrected chi connectivity index (χ0v) is 19.1. The molecular weight excluding hydrogens is 468 g/mol. The number of halogens is 2. The first-order valence-corrected chi connectivity index (χ1v) is 12.1. The van der Waals surface area contributed by atoms with Crippen LogP contribution in [0.3, 0.4) is 0 Å². The molecule has 1 atom stereocenters. The van der Waals surface area contributed by atoms with Gasteiger partial charge in [0.1, 0.15) is 11.6 Å². The molecule has 1 aliphatic rings. The zero-order valence-electron chi connectivity index (χ0n) is 17.5. The van der Waals surface area contributed by atoms with E-state index in [0.717, 1.165) is 36.6 Å². The number of thioether (sulfide) groups is 1. The van der Waals surface area contributed by atoms with Gasteiger partial charge in [0, 0.05) is 16.9 Å². The van der Waals surface area contributed by atoms with E-state index in [9.17, 15) is 13.6 Å². The maximum Gasteiger partial charge on any atom is 0.239 e. The fourth-order valence-electron chi connectivity index (χ4n) is 3.28. The molecule has 4 aromatic rings. The van der Waals surface area contributed by atoms with E-state index in [-0.39, 0.29) is 5.91 Å². The van der Waals surface area contributed by atoms with E-state index >= 15 is 0 Å². The Bertz CT molecular complexity index is 1280. The van der Waals surface area contributed by atoms with Gasteiger partial charge in [-0.25, -0.2) is 13.8 Å². The highest BCUT2D eigenvalue weighted by Crippen LogP contribution is 2.40. The number of hydrogen-bond acceptors (Lipinski definition) is 7. The summed E-state index contributed by atoms with van der Waals surface area (Å²) >= 11 is 2.53. The van der Waals surface area contributed by atoms with E-state index in [0.29, 0.717) is 34.0 Å². The van der Waals surface area contributed by atoms with Crippen molar-refractivity contribution in [2.45, 2.75) is 42.6 Å². The van der Waals surface area contributed by atoms with Crippen LogP contribution in [0.1, 0.15) is 37.3 Å². The summed E-state index contributed by atoms with van der Waals surface area (Å²) in [6, 6.07) is 7.31. The van der Waals surface area contributed by atoms with Crippen molar-refractivity contribution in [1.29, 1.82) is 0 Å². The van der Waals surface area contributed by atoms with Crippen LogP contribution in [0.2, 0.25) is 0 Å². The highest BCUT2D eigenvalue weighted by molar-refractivity contribution is 8.00. The minimum absolute atomic E-state index is 0.244. The standard InChI is InChI=1S/C22H19F2N5O2S2/c1-12(20(30)26-21-25-18(11-32-21)14-6-7-16(23)17(24)9-14)33-22-28-27-19(13-4-5-13)29(22)10-15-3-2-8-31-15/h2-3,6-9,11-13H,4-5,10H2,1H3,(H,25,26,30). The largest absolute Gasteiger partial charge is 0.467 e. The third-order valence-corrected chi connectivity index (χ3v) is 7.02. The molecule has 11 heteroatoms. The number of amides is 1. The van der Waals surface area contributed by atoms with Crippen LogP contribution < -0.4 is 5.32 Å². The molecule has 3 aromatic heterocycles. The Kier molecular flexibility index (Phi) is 5.98. The van der Waals surface area contributed by atoms with Crippen LogP contribution in [0.4, 0.5) is 13.9 Å². The minimum Gasteiger partial charge on any atom is -0.467 e. The number of benzene rings is 1. The summed E-state index contributed by atoms with van der Waals surface area (Å²) in [4.78, 5) is 17.1. The van der Waals surface area contributed by atoms with Crippen molar-refractivity contribution in [3.63, 3.8) is 0 Å². The predicted molar refractivity (Wildman–Crippen MR) is 121 cm³/mol. The Hall–Kier alpha value is -3.05. The highest BCUT2D eigenvalue weighted by atomic mass is 32.2. The second-order valence-corrected chi connectivity index (χ2v) is 9.86. The molecule has 0 bridgehead atoms. The number of rotatable bonds is 8. The Morgan fingerprint density at radius 1 is 1.30 bits per heavy atom. The van der Waals surface area contributed by atoms with Gasteiger partial charge in [-0.1, -0.05) is 11.8 Å². The van der Waals surface area contributed by atoms with E-state index in [1.165, 1.54) is 29.2 Å². The molecule has 7 nitrogen and oxygen atoms in total. The van der Waals surface area contributed by atoms with E-state index in [1.807, 2.05) is 16.7 Å². The zero-order chi connectivity index (χ0) is 22.9. The first-order chi connectivity index (χ1) is 16.0. The summed E-state index contributed by atoms with van der Waals surface area (Å²) in [5, 5.41) is 13.7.